The zero-order chi connectivity index (χ0) is 13.2. The van der Waals surface area contributed by atoms with Crippen LogP contribution in [0.15, 0.2) is 17.0 Å². The summed E-state index contributed by atoms with van der Waals surface area (Å²) in [5.74, 6) is 0. The van der Waals surface area contributed by atoms with Crippen LogP contribution in [0.3, 0.4) is 0 Å². The Morgan fingerprint density at radius 3 is 2.53 bits per heavy atom. The molecule has 0 amide bonds. The molecule has 0 radical (unpaired) electrons. The van der Waals surface area contributed by atoms with Gasteiger partial charge in [0.1, 0.15) is 5.69 Å². The number of nitrogen functional groups attached to an aromatic ring is 1. The molecule has 0 saturated carbocycles. The topological polar surface area (TPSA) is 115 Å². The molecule has 94 valence electrons. The molecule has 8 heteroatoms. The zero-order valence-electron chi connectivity index (χ0n) is 9.43. The molecule has 0 heterocycles. The van der Waals surface area contributed by atoms with Gasteiger partial charge in [0.25, 0.3) is 5.69 Å². The van der Waals surface area contributed by atoms with Crippen molar-refractivity contribution in [2.75, 3.05) is 12.3 Å². The average molecular weight is 259 g/mol. The smallest absolute Gasteiger partial charge is 0.293 e. The molecule has 0 fully saturated rings. The second-order valence-corrected chi connectivity index (χ2v) is 5.17. The van der Waals surface area contributed by atoms with Crippen LogP contribution >= 0.6 is 0 Å². The molecule has 17 heavy (non-hydrogen) atoms. The number of rotatable bonds is 4. The first-order chi connectivity index (χ1) is 7.79. The maximum atomic E-state index is 11.8. The van der Waals surface area contributed by atoms with E-state index in [0.717, 1.165) is 6.07 Å². The number of nitrogens with one attached hydrogen (secondary N) is 1. The number of benzene rings is 1. The number of anilines is 1. The van der Waals surface area contributed by atoms with Crippen molar-refractivity contribution in [3.05, 3.63) is 27.8 Å². The van der Waals surface area contributed by atoms with Crippen molar-refractivity contribution < 1.29 is 13.3 Å². The minimum absolute atomic E-state index is 0.0528. The fourth-order valence-corrected chi connectivity index (χ4v) is 2.70. The second kappa shape index (κ2) is 4.68. The van der Waals surface area contributed by atoms with Gasteiger partial charge in [0.2, 0.25) is 10.0 Å². The van der Waals surface area contributed by atoms with Gasteiger partial charge in [-0.2, -0.15) is 0 Å². The first-order valence-corrected chi connectivity index (χ1v) is 6.32. The van der Waals surface area contributed by atoms with Crippen LogP contribution < -0.4 is 10.5 Å². The summed E-state index contributed by atoms with van der Waals surface area (Å²) in [7, 11) is -3.72. The molecule has 0 aliphatic heterocycles. The second-order valence-electron chi connectivity index (χ2n) is 3.43. The van der Waals surface area contributed by atoms with E-state index in [0.29, 0.717) is 5.56 Å². The summed E-state index contributed by atoms with van der Waals surface area (Å²) in [6.45, 7) is 3.36. The van der Waals surface area contributed by atoms with Crippen LogP contribution in [0.5, 0.6) is 0 Å². The van der Waals surface area contributed by atoms with E-state index in [-0.39, 0.29) is 17.1 Å². The number of aryl methyl sites for hydroxylation is 1. The van der Waals surface area contributed by atoms with Gasteiger partial charge in [-0.05, 0) is 18.6 Å². The van der Waals surface area contributed by atoms with Gasteiger partial charge >= 0.3 is 0 Å². The minimum atomic E-state index is -3.72. The van der Waals surface area contributed by atoms with E-state index in [4.69, 9.17) is 5.73 Å². The molecular weight excluding hydrogens is 246 g/mol. The average Bonchev–Trinajstić information content (AvgIpc) is 2.15. The Labute approximate surface area is 98.8 Å². The van der Waals surface area contributed by atoms with Crippen molar-refractivity contribution in [2.45, 2.75) is 18.7 Å². The molecule has 1 aromatic carbocycles. The van der Waals surface area contributed by atoms with E-state index >= 15 is 0 Å². The fraction of sp³-hybridized carbons (Fsp3) is 0.333. The van der Waals surface area contributed by atoms with E-state index in [9.17, 15) is 18.5 Å². The number of nitrogens with zero attached hydrogens (tertiary/aromatic N) is 1. The molecule has 0 bridgehead atoms. The van der Waals surface area contributed by atoms with Crippen LogP contribution in [0.4, 0.5) is 11.4 Å². The largest absolute Gasteiger partial charge is 0.393 e. The number of sulfonamides is 1. The third kappa shape index (κ3) is 2.71. The van der Waals surface area contributed by atoms with Gasteiger partial charge in [-0.3, -0.25) is 10.1 Å². The maximum absolute atomic E-state index is 11.8. The summed E-state index contributed by atoms with van der Waals surface area (Å²) in [6.07, 6.45) is 0. The lowest BCUT2D eigenvalue weighted by Gasteiger charge is -2.08. The Morgan fingerprint density at radius 1 is 1.47 bits per heavy atom. The van der Waals surface area contributed by atoms with Crippen molar-refractivity contribution in [3.8, 4) is 0 Å². The van der Waals surface area contributed by atoms with Gasteiger partial charge in [-0.1, -0.05) is 6.92 Å². The predicted molar refractivity (Wildman–Crippen MR) is 63.1 cm³/mol. The number of nitro benzene ring substituents is 1. The number of hydrogen-bond donors (Lipinski definition) is 2. The third-order valence-electron chi connectivity index (χ3n) is 2.14. The molecule has 0 unspecified atom stereocenters. The maximum Gasteiger partial charge on any atom is 0.293 e. The summed E-state index contributed by atoms with van der Waals surface area (Å²) in [5.41, 5.74) is 5.36. The van der Waals surface area contributed by atoms with Gasteiger partial charge in [-0.25, -0.2) is 13.1 Å². The Morgan fingerprint density at radius 2 is 2.06 bits per heavy atom. The van der Waals surface area contributed by atoms with Crippen molar-refractivity contribution in [3.63, 3.8) is 0 Å². The molecular formula is C9H13N3O4S. The highest BCUT2D eigenvalue weighted by Gasteiger charge is 2.22. The van der Waals surface area contributed by atoms with Crippen molar-refractivity contribution >= 4 is 21.4 Å². The Balaban J connectivity index is 3.45. The van der Waals surface area contributed by atoms with Crippen molar-refractivity contribution in [1.29, 1.82) is 0 Å². The predicted octanol–water partition coefficient (Wildman–Crippen LogP) is 0.784. The molecule has 0 aliphatic rings. The highest BCUT2D eigenvalue weighted by molar-refractivity contribution is 7.89. The van der Waals surface area contributed by atoms with Gasteiger partial charge in [0.15, 0.2) is 0 Å². The normalized spacial score (nSPS) is 11.4. The van der Waals surface area contributed by atoms with Gasteiger partial charge in [0.05, 0.1) is 9.82 Å². The van der Waals surface area contributed by atoms with E-state index < -0.39 is 20.6 Å². The van der Waals surface area contributed by atoms with Gasteiger partial charge < -0.3 is 5.73 Å². The van der Waals surface area contributed by atoms with E-state index in [1.165, 1.54) is 13.0 Å². The lowest BCUT2D eigenvalue weighted by atomic mass is 10.2. The summed E-state index contributed by atoms with van der Waals surface area (Å²) in [6, 6.07) is 2.25. The highest BCUT2D eigenvalue weighted by atomic mass is 32.2. The molecule has 1 rings (SSSR count). The minimum Gasteiger partial charge on any atom is -0.393 e. The SMILES string of the molecule is CCNS(=O)(=O)c1cc([N+](=O)[O-])c(N)cc1C. The van der Waals surface area contributed by atoms with Crippen LogP contribution in [-0.2, 0) is 10.0 Å². The van der Waals surface area contributed by atoms with Crippen LogP contribution in [-0.4, -0.2) is 19.9 Å². The van der Waals surface area contributed by atoms with E-state index in [1.807, 2.05) is 0 Å². The quantitative estimate of drug-likeness (QED) is 0.471. The summed E-state index contributed by atoms with van der Waals surface area (Å²) < 4.78 is 25.8. The summed E-state index contributed by atoms with van der Waals surface area (Å²) in [4.78, 5) is 9.85. The van der Waals surface area contributed by atoms with Crippen molar-refractivity contribution in [1.82, 2.24) is 4.72 Å². The molecule has 0 atom stereocenters. The Hall–Kier alpha value is -1.67. The van der Waals surface area contributed by atoms with Gasteiger partial charge in [-0.15, -0.1) is 0 Å². The molecule has 3 N–H and O–H groups in total. The summed E-state index contributed by atoms with van der Waals surface area (Å²) >= 11 is 0. The Kier molecular flexibility index (Phi) is 3.69. The van der Waals surface area contributed by atoms with Crippen LogP contribution in [0, 0.1) is 17.0 Å². The lowest BCUT2D eigenvalue weighted by molar-refractivity contribution is -0.384. The lowest BCUT2D eigenvalue weighted by Crippen LogP contribution is -2.24. The third-order valence-corrected chi connectivity index (χ3v) is 3.83. The Bertz CT molecular complexity index is 554. The standard InChI is InChI=1S/C9H13N3O4S/c1-3-11-17(15,16)9-5-8(12(13)14)7(10)4-6(9)2/h4-5,11H,3,10H2,1-2H3. The molecule has 0 spiro atoms. The summed E-state index contributed by atoms with van der Waals surface area (Å²) in [5, 5.41) is 10.7. The molecule has 0 aromatic heterocycles. The number of nitrogens with two attached hydrogens (primary N) is 1. The molecule has 7 nitrogen and oxygen atoms in total. The highest BCUT2D eigenvalue weighted by Crippen LogP contribution is 2.27. The molecule has 0 aliphatic carbocycles. The number of hydrogen-bond acceptors (Lipinski definition) is 5. The molecule has 1 aromatic rings. The fourth-order valence-electron chi connectivity index (χ4n) is 1.42. The first kappa shape index (κ1) is 13.4. The zero-order valence-corrected chi connectivity index (χ0v) is 10.2. The van der Waals surface area contributed by atoms with Crippen LogP contribution in [0.1, 0.15) is 12.5 Å². The first-order valence-electron chi connectivity index (χ1n) is 4.83. The van der Waals surface area contributed by atoms with Crippen molar-refractivity contribution in [2.24, 2.45) is 0 Å². The van der Waals surface area contributed by atoms with Gasteiger partial charge in [0, 0.05) is 12.6 Å². The molecule has 0 saturated heterocycles. The van der Waals surface area contributed by atoms with Crippen LogP contribution in [0.25, 0.3) is 0 Å². The van der Waals surface area contributed by atoms with Crippen LogP contribution in [0.2, 0.25) is 0 Å². The van der Waals surface area contributed by atoms with E-state index in [2.05, 4.69) is 4.72 Å². The number of nitro groups is 1. The van der Waals surface area contributed by atoms with E-state index in [1.54, 1.807) is 6.92 Å². The monoisotopic (exact) mass is 259 g/mol.